The number of fused-ring (bicyclic) bond motifs is 2. The molecule has 1 aromatic heterocycles. The summed E-state index contributed by atoms with van der Waals surface area (Å²) in [4.78, 5) is 28.5. The molecule has 0 aliphatic carbocycles. The maximum absolute atomic E-state index is 9.55. The minimum Gasteiger partial charge on any atom is -0.478 e. The lowest BCUT2D eigenvalue weighted by molar-refractivity contribution is -0.134. The molecule has 3 heterocycles. The number of aliphatic imine (C=N–C) groups is 1. The summed E-state index contributed by atoms with van der Waals surface area (Å²) in [6, 6.07) is 5.53. The van der Waals surface area contributed by atoms with Gasteiger partial charge in [-0.2, -0.15) is 0 Å². The molecule has 0 spiro atoms. The van der Waals surface area contributed by atoms with Crippen LogP contribution in [0.2, 0.25) is 5.02 Å². The smallest absolute Gasteiger partial charge is 0.328 e. The van der Waals surface area contributed by atoms with Crippen LogP contribution in [0.15, 0.2) is 46.1 Å². The fraction of sp³-hybridized carbons (Fsp3) is 0.286. The molecule has 11 heteroatoms. The lowest BCUT2D eigenvalue weighted by Gasteiger charge is -2.36. The molecule has 3 N–H and O–H groups in total. The first-order valence-corrected chi connectivity index (χ1v) is 11.0. The van der Waals surface area contributed by atoms with Gasteiger partial charge in [0.1, 0.15) is 17.3 Å². The summed E-state index contributed by atoms with van der Waals surface area (Å²) in [5, 5.41) is 29.5. The van der Waals surface area contributed by atoms with Crippen LogP contribution >= 0.6 is 22.9 Å². The number of β-amino-alcohol motifs (C(OH)–C–C–N with tert-alkyl or cyclic N) is 1. The highest BCUT2D eigenvalue weighted by Gasteiger charge is 2.26. The fourth-order valence-corrected chi connectivity index (χ4v) is 4.08. The van der Waals surface area contributed by atoms with E-state index in [9.17, 15) is 9.59 Å². The number of aliphatic hydroxyl groups is 1. The second-order valence-electron chi connectivity index (χ2n) is 6.86. The summed E-state index contributed by atoms with van der Waals surface area (Å²) in [5.41, 5.74) is 1.79. The third-order valence-corrected chi connectivity index (χ3v) is 5.65. The number of rotatable bonds is 4. The van der Waals surface area contributed by atoms with Crippen molar-refractivity contribution < 1.29 is 29.6 Å². The molecule has 9 nitrogen and oxygen atoms in total. The minimum absolute atomic E-state index is 0.204. The number of piperazine rings is 1. The number of carboxylic acids is 2. The summed E-state index contributed by atoms with van der Waals surface area (Å²) in [7, 11) is 0. The Balaban J connectivity index is 0.000000312. The van der Waals surface area contributed by atoms with E-state index < -0.39 is 11.9 Å². The summed E-state index contributed by atoms with van der Waals surface area (Å²) < 4.78 is 6.05. The van der Waals surface area contributed by atoms with Gasteiger partial charge in [0.15, 0.2) is 5.75 Å². The Kier molecular flexibility index (Phi) is 8.23. The van der Waals surface area contributed by atoms with Gasteiger partial charge in [0, 0.05) is 60.7 Å². The van der Waals surface area contributed by atoms with Gasteiger partial charge < -0.3 is 25.0 Å². The van der Waals surface area contributed by atoms with Crippen molar-refractivity contribution in [3.05, 3.63) is 51.7 Å². The highest BCUT2D eigenvalue weighted by atomic mass is 35.5. The number of hydrogen-bond donors (Lipinski definition) is 3. The van der Waals surface area contributed by atoms with Crippen molar-refractivity contribution >= 4 is 46.4 Å². The van der Waals surface area contributed by atoms with E-state index in [1.54, 1.807) is 11.3 Å². The zero-order valence-electron chi connectivity index (χ0n) is 17.0. The molecule has 0 bridgehead atoms. The van der Waals surface area contributed by atoms with E-state index in [0.717, 1.165) is 61.3 Å². The number of aliphatic hydroxyl groups excluding tert-OH is 1. The third kappa shape index (κ3) is 6.30. The Morgan fingerprint density at radius 3 is 2.41 bits per heavy atom. The molecule has 0 amide bonds. The van der Waals surface area contributed by atoms with Gasteiger partial charge in [-0.15, -0.1) is 11.3 Å². The highest BCUT2D eigenvalue weighted by Crippen LogP contribution is 2.41. The van der Waals surface area contributed by atoms with E-state index in [1.807, 2.05) is 23.6 Å². The SMILES string of the molecule is O=C(O)/C=C/C(=O)O.OCCN1CCN(C2=Nc3cc(Cl)ccc3Oc3cscc32)CC1. The monoisotopic (exact) mass is 479 g/mol. The van der Waals surface area contributed by atoms with Crippen LogP contribution in [-0.2, 0) is 9.59 Å². The van der Waals surface area contributed by atoms with Gasteiger partial charge in [-0.25, -0.2) is 14.6 Å². The molecule has 1 saturated heterocycles. The van der Waals surface area contributed by atoms with E-state index >= 15 is 0 Å². The molecule has 0 atom stereocenters. The van der Waals surface area contributed by atoms with E-state index in [0.29, 0.717) is 17.2 Å². The average molecular weight is 480 g/mol. The number of thiophene rings is 1. The maximum atomic E-state index is 9.55. The Morgan fingerprint density at radius 2 is 1.78 bits per heavy atom. The summed E-state index contributed by atoms with van der Waals surface area (Å²) >= 11 is 7.75. The predicted octanol–water partition coefficient (Wildman–Crippen LogP) is 2.91. The number of halogens is 1. The van der Waals surface area contributed by atoms with Crippen molar-refractivity contribution in [2.45, 2.75) is 0 Å². The molecule has 0 saturated carbocycles. The van der Waals surface area contributed by atoms with Crippen molar-refractivity contribution in [1.82, 2.24) is 9.80 Å². The fourth-order valence-electron chi connectivity index (χ4n) is 3.19. The van der Waals surface area contributed by atoms with E-state index in [1.165, 1.54) is 0 Å². The standard InChI is InChI=1S/C17H18ClN3O2S.C4H4O4/c18-12-1-2-15-14(9-12)19-17(13-10-24-11-16(13)23-15)21-5-3-20(4-6-21)7-8-22;5-3(6)1-2-4(7)8/h1-2,9-11,22H,3-8H2;1-2H,(H,5,6)(H,7,8)/b;2-1+. The zero-order chi connectivity index (χ0) is 23.1. The van der Waals surface area contributed by atoms with Crippen molar-refractivity contribution in [1.29, 1.82) is 0 Å². The Hall–Kier alpha value is -2.92. The average Bonchev–Trinajstić information content (AvgIpc) is 3.16. The Bertz CT molecular complexity index is 1010. The Morgan fingerprint density at radius 1 is 1.09 bits per heavy atom. The number of amidine groups is 1. The lowest BCUT2D eigenvalue weighted by atomic mass is 10.2. The minimum atomic E-state index is -1.26. The first kappa shape index (κ1) is 23.7. The molecular formula is C21H22ClN3O6S. The number of ether oxygens (including phenoxy) is 1. The number of carbonyl (C=O) groups is 2. The molecular weight excluding hydrogens is 458 g/mol. The van der Waals surface area contributed by atoms with Crippen molar-refractivity contribution in [3.8, 4) is 11.5 Å². The summed E-state index contributed by atoms with van der Waals surface area (Å²) in [5.74, 6) is 0.00120. The van der Waals surface area contributed by atoms with Crippen LogP contribution in [0.5, 0.6) is 11.5 Å². The molecule has 1 fully saturated rings. The van der Waals surface area contributed by atoms with E-state index in [-0.39, 0.29) is 6.61 Å². The molecule has 170 valence electrons. The van der Waals surface area contributed by atoms with Gasteiger partial charge in [0.05, 0.1) is 12.2 Å². The molecule has 4 rings (SSSR count). The van der Waals surface area contributed by atoms with Gasteiger partial charge in [-0.3, -0.25) is 4.90 Å². The van der Waals surface area contributed by atoms with E-state index in [4.69, 9.17) is 36.6 Å². The first-order chi connectivity index (χ1) is 15.4. The van der Waals surface area contributed by atoms with Crippen LogP contribution in [0.3, 0.4) is 0 Å². The van der Waals surface area contributed by atoms with Crippen molar-refractivity contribution in [2.75, 3.05) is 39.3 Å². The largest absolute Gasteiger partial charge is 0.478 e. The molecule has 2 aromatic rings. The second kappa shape index (κ2) is 11.1. The predicted molar refractivity (Wildman–Crippen MR) is 122 cm³/mol. The van der Waals surface area contributed by atoms with Gasteiger partial charge >= 0.3 is 11.9 Å². The summed E-state index contributed by atoms with van der Waals surface area (Å²) in [6.45, 7) is 4.53. The van der Waals surface area contributed by atoms with Crippen molar-refractivity contribution in [3.63, 3.8) is 0 Å². The van der Waals surface area contributed by atoms with Crippen LogP contribution in [0, 0.1) is 0 Å². The molecule has 2 aliphatic rings. The zero-order valence-corrected chi connectivity index (χ0v) is 18.6. The molecule has 32 heavy (non-hydrogen) atoms. The first-order valence-electron chi connectivity index (χ1n) is 9.72. The van der Waals surface area contributed by atoms with Crippen LogP contribution in [0.1, 0.15) is 5.56 Å². The lowest BCUT2D eigenvalue weighted by Crippen LogP contribution is -2.49. The third-order valence-electron chi connectivity index (χ3n) is 4.69. The van der Waals surface area contributed by atoms with Gasteiger partial charge in [-0.05, 0) is 18.2 Å². The number of hydrogen-bond acceptors (Lipinski definition) is 8. The number of nitrogens with zero attached hydrogens (tertiary/aromatic N) is 3. The highest BCUT2D eigenvalue weighted by molar-refractivity contribution is 7.08. The van der Waals surface area contributed by atoms with Crippen LogP contribution in [0.25, 0.3) is 0 Å². The van der Waals surface area contributed by atoms with Crippen molar-refractivity contribution in [2.24, 2.45) is 4.99 Å². The quantitative estimate of drug-likeness (QED) is 0.572. The number of aliphatic carboxylic acids is 2. The number of benzene rings is 1. The summed E-state index contributed by atoms with van der Waals surface area (Å²) in [6.07, 6.45) is 1.12. The Labute approximate surface area is 193 Å². The maximum Gasteiger partial charge on any atom is 0.328 e. The molecule has 0 radical (unpaired) electrons. The molecule has 1 aromatic carbocycles. The van der Waals surface area contributed by atoms with Gasteiger partial charge in [0.2, 0.25) is 0 Å². The van der Waals surface area contributed by atoms with Gasteiger partial charge in [-0.1, -0.05) is 11.6 Å². The topological polar surface area (TPSA) is 123 Å². The molecule has 0 unspecified atom stereocenters. The normalized spacial score (nSPS) is 15.6. The van der Waals surface area contributed by atoms with Crippen LogP contribution in [0.4, 0.5) is 5.69 Å². The van der Waals surface area contributed by atoms with Gasteiger partial charge in [0.25, 0.3) is 0 Å². The molecule has 2 aliphatic heterocycles. The van der Waals surface area contributed by atoms with Crippen LogP contribution in [-0.4, -0.2) is 82.2 Å². The number of carboxylic acid groups (broad SMARTS) is 2. The van der Waals surface area contributed by atoms with E-state index in [2.05, 4.69) is 15.2 Å². The van der Waals surface area contributed by atoms with Crippen LogP contribution < -0.4 is 4.74 Å². The second-order valence-corrected chi connectivity index (χ2v) is 8.04.